The van der Waals surface area contributed by atoms with Crippen molar-refractivity contribution in [1.29, 1.82) is 0 Å². The maximum Gasteiger partial charge on any atom is 0.451 e. The summed E-state index contributed by atoms with van der Waals surface area (Å²) in [5.74, 6) is -1.31. The van der Waals surface area contributed by atoms with Gasteiger partial charge in [-0.3, -0.25) is 4.79 Å². The van der Waals surface area contributed by atoms with Crippen LogP contribution in [0, 0.1) is 0 Å². The summed E-state index contributed by atoms with van der Waals surface area (Å²) < 4.78 is 44.0. The molecule has 9 heteroatoms. The number of hydrogen-bond donors (Lipinski definition) is 1. The lowest BCUT2D eigenvalue weighted by atomic mass is 10.0. The first-order valence-electron chi connectivity index (χ1n) is 7.79. The van der Waals surface area contributed by atoms with E-state index in [0.717, 1.165) is 16.6 Å². The van der Waals surface area contributed by atoms with Gasteiger partial charge in [0.25, 0.3) is 0 Å². The molecule has 6 nitrogen and oxygen atoms in total. The molecule has 0 saturated heterocycles. The highest BCUT2D eigenvalue weighted by Gasteiger charge is 2.36. The molecule has 0 bridgehead atoms. The fourth-order valence-electron chi connectivity index (χ4n) is 2.40. The third-order valence-corrected chi connectivity index (χ3v) is 3.54. The van der Waals surface area contributed by atoms with Gasteiger partial charge < -0.3 is 10.5 Å². The number of halogens is 3. The topological polar surface area (TPSA) is 83.0 Å². The number of benzene rings is 1. The van der Waals surface area contributed by atoms with E-state index in [1.807, 2.05) is 0 Å². The van der Waals surface area contributed by atoms with Crippen molar-refractivity contribution in [3.05, 3.63) is 41.5 Å². The van der Waals surface area contributed by atoms with Gasteiger partial charge in [0.1, 0.15) is 6.33 Å². The summed E-state index contributed by atoms with van der Waals surface area (Å²) in [6.07, 6.45) is -2.22. The molecule has 0 amide bonds. The van der Waals surface area contributed by atoms with E-state index < -0.39 is 12.0 Å². The highest BCUT2D eigenvalue weighted by Crippen LogP contribution is 2.27. The van der Waals surface area contributed by atoms with Crippen LogP contribution in [-0.2, 0) is 28.7 Å². The molecule has 0 fully saturated rings. The van der Waals surface area contributed by atoms with Crippen molar-refractivity contribution in [3.8, 4) is 0 Å². The number of nitrogens with two attached hydrogens (primary N) is 1. The van der Waals surface area contributed by atoms with Crippen LogP contribution in [0.5, 0.6) is 0 Å². The maximum absolute atomic E-state index is 12.8. The molecule has 136 valence electrons. The second-order valence-electron chi connectivity index (χ2n) is 5.43. The molecule has 1 aromatic carbocycles. The average Bonchev–Trinajstić information content (AvgIpc) is 2.98. The second kappa shape index (κ2) is 8.00. The highest BCUT2D eigenvalue weighted by molar-refractivity contribution is 5.69. The molecule has 0 spiro atoms. The van der Waals surface area contributed by atoms with E-state index in [4.69, 9.17) is 10.5 Å². The van der Waals surface area contributed by atoms with Crippen LogP contribution in [-0.4, -0.2) is 27.3 Å². The molecular weight excluding hydrogens is 337 g/mol. The summed E-state index contributed by atoms with van der Waals surface area (Å²) in [6.45, 7) is 2.01. The quantitative estimate of drug-likeness (QED) is 0.609. The van der Waals surface area contributed by atoms with Gasteiger partial charge in [0.05, 0.1) is 13.2 Å². The Bertz CT molecular complexity index is 728. The van der Waals surface area contributed by atoms with Crippen LogP contribution in [0.3, 0.4) is 0 Å². The normalized spacial score (nSPS) is 11.5. The molecular formula is C16H19F3N4O2. The summed E-state index contributed by atoms with van der Waals surface area (Å²) >= 11 is 0. The van der Waals surface area contributed by atoms with Gasteiger partial charge in [0.2, 0.25) is 5.82 Å². The number of carbonyl (C=O) groups excluding carboxylic acids is 1. The van der Waals surface area contributed by atoms with Crippen molar-refractivity contribution >= 4 is 11.7 Å². The van der Waals surface area contributed by atoms with Crippen molar-refractivity contribution in [3.63, 3.8) is 0 Å². The molecule has 0 radical (unpaired) electrons. The van der Waals surface area contributed by atoms with E-state index in [1.165, 1.54) is 0 Å². The minimum absolute atomic E-state index is 0.0812. The Hall–Kier alpha value is -2.58. The Kier molecular flexibility index (Phi) is 6.00. The zero-order chi connectivity index (χ0) is 18.4. The molecule has 2 N–H and O–H groups in total. The molecule has 0 aliphatic heterocycles. The third-order valence-electron chi connectivity index (χ3n) is 3.54. The number of rotatable bonds is 7. The number of aryl methyl sites for hydroxylation is 1. The molecule has 25 heavy (non-hydrogen) atoms. The van der Waals surface area contributed by atoms with Gasteiger partial charge >= 0.3 is 12.1 Å². The smallest absolute Gasteiger partial charge is 0.451 e. The van der Waals surface area contributed by atoms with Gasteiger partial charge in [-0.2, -0.15) is 18.3 Å². The first kappa shape index (κ1) is 18.8. The van der Waals surface area contributed by atoms with Gasteiger partial charge in [-0.05, 0) is 37.0 Å². The molecule has 0 atom stereocenters. The van der Waals surface area contributed by atoms with Crippen LogP contribution in [0.1, 0.15) is 36.7 Å². The number of anilines is 1. The maximum atomic E-state index is 12.8. The SMILES string of the molecule is CCOC(=O)CCCc1ccc(Cn2ncnc2C(F)(F)F)cc1N. The van der Waals surface area contributed by atoms with Crippen LogP contribution in [0.25, 0.3) is 0 Å². The first-order valence-corrected chi connectivity index (χ1v) is 7.79. The fourth-order valence-corrected chi connectivity index (χ4v) is 2.40. The molecule has 0 unspecified atom stereocenters. The van der Waals surface area contributed by atoms with Crippen molar-refractivity contribution in [2.45, 2.75) is 38.9 Å². The van der Waals surface area contributed by atoms with E-state index in [1.54, 1.807) is 25.1 Å². The molecule has 2 aromatic rings. The Labute approximate surface area is 142 Å². The largest absolute Gasteiger partial charge is 0.466 e. The zero-order valence-corrected chi connectivity index (χ0v) is 13.7. The van der Waals surface area contributed by atoms with E-state index in [9.17, 15) is 18.0 Å². The van der Waals surface area contributed by atoms with Gasteiger partial charge in [-0.1, -0.05) is 12.1 Å². The monoisotopic (exact) mass is 356 g/mol. The molecule has 1 heterocycles. The van der Waals surface area contributed by atoms with E-state index in [2.05, 4.69) is 10.1 Å². The lowest BCUT2D eigenvalue weighted by Gasteiger charge is -2.11. The lowest BCUT2D eigenvalue weighted by molar-refractivity contribution is -0.147. The number of ether oxygens (including phenoxy) is 1. The number of nitrogen functional groups attached to an aromatic ring is 1. The second-order valence-corrected chi connectivity index (χ2v) is 5.43. The number of alkyl halides is 3. The molecule has 2 rings (SSSR count). The van der Waals surface area contributed by atoms with Crippen LogP contribution >= 0.6 is 0 Å². The number of hydrogen-bond acceptors (Lipinski definition) is 5. The van der Waals surface area contributed by atoms with Gasteiger partial charge in [0, 0.05) is 12.1 Å². The Balaban J connectivity index is 2.00. The minimum Gasteiger partial charge on any atom is -0.466 e. The molecule has 1 aromatic heterocycles. The van der Waals surface area contributed by atoms with Crippen molar-refractivity contribution < 1.29 is 22.7 Å². The Morgan fingerprint density at radius 3 is 2.76 bits per heavy atom. The standard InChI is InChI=1S/C16H19F3N4O2/c1-2-25-14(24)5-3-4-12-7-6-11(8-13(12)20)9-23-15(16(17,18)19)21-10-22-23/h6-8,10H,2-5,9,20H2,1H3. The lowest BCUT2D eigenvalue weighted by Crippen LogP contribution is -2.16. The highest BCUT2D eigenvalue weighted by atomic mass is 19.4. The van der Waals surface area contributed by atoms with Crippen LogP contribution in [0.15, 0.2) is 24.5 Å². The summed E-state index contributed by atoms with van der Waals surface area (Å²) in [5.41, 5.74) is 7.86. The summed E-state index contributed by atoms with van der Waals surface area (Å²) in [5, 5.41) is 3.61. The first-order chi connectivity index (χ1) is 11.8. The predicted octanol–water partition coefficient (Wildman–Crippen LogP) is 2.81. The van der Waals surface area contributed by atoms with E-state index in [-0.39, 0.29) is 12.5 Å². The molecule has 0 aliphatic carbocycles. The minimum atomic E-state index is -4.56. The van der Waals surface area contributed by atoms with Crippen molar-refractivity contribution in [2.24, 2.45) is 0 Å². The van der Waals surface area contributed by atoms with Gasteiger partial charge in [-0.15, -0.1) is 0 Å². The van der Waals surface area contributed by atoms with Crippen LogP contribution < -0.4 is 5.73 Å². The van der Waals surface area contributed by atoms with Crippen molar-refractivity contribution in [2.75, 3.05) is 12.3 Å². The van der Waals surface area contributed by atoms with Crippen molar-refractivity contribution in [1.82, 2.24) is 14.8 Å². The average molecular weight is 356 g/mol. The third kappa shape index (κ3) is 5.20. The zero-order valence-electron chi connectivity index (χ0n) is 13.7. The Morgan fingerprint density at radius 1 is 1.36 bits per heavy atom. The number of carbonyl (C=O) groups is 1. The fraction of sp³-hybridized carbons (Fsp3) is 0.438. The van der Waals surface area contributed by atoms with Gasteiger partial charge in [-0.25, -0.2) is 9.67 Å². The summed E-state index contributed by atoms with van der Waals surface area (Å²) in [4.78, 5) is 14.5. The number of nitrogens with zero attached hydrogens (tertiary/aromatic N) is 3. The van der Waals surface area contributed by atoms with E-state index >= 15 is 0 Å². The van der Waals surface area contributed by atoms with Gasteiger partial charge in [0.15, 0.2) is 0 Å². The number of aromatic nitrogens is 3. The summed E-state index contributed by atoms with van der Waals surface area (Å²) in [7, 11) is 0. The molecule has 0 aliphatic rings. The Morgan fingerprint density at radius 2 is 2.12 bits per heavy atom. The number of esters is 1. The summed E-state index contributed by atoms with van der Waals surface area (Å²) in [6, 6.07) is 5.05. The van der Waals surface area contributed by atoms with E-state index in [0.29, 0.717) is 37.1 Å². The molecule has 0 saturated carbocycles. The van der Waals surface area contributed by atoms with Crippen LogP contribution in [0.4, 0.5) is 18.9 Å². The van der Waals surface area contributed by atoms with Crippen LogP contribution in [0.2, 0.25) is 0 Å². The predicted molar refractivity (Wildman–Crippen MR) is 84.6 cm³/mol.